The van der Waals surface area contributed by atoms with E-state index in [4.69, 9.17) is 4.98 Å². The summed E-state index contributed by atoms with van der Waals surface area (Å²) in [5.74, 6) is 0.547. The molecule has 0 bridgehead atoms. The normalized spacial score (nSPS) is 13.6. The number of aliphatic hydroxyl groups is 1. The summed E-state index contributed by atoms with van der Waals surface area (Å²) in [6, 6.07) is 18.1. The number of aliphatic hydroxyl groups excluding tert-OH is 1. The van der Waals surface area contributed by atoms with Crippen LogP contribution in [0.4, 0.5) is 0 Å². The van der Waals surface area contributed by atoms with Gasteiger partial charge in [-0.2, -0.15) is 0 Å². The minimum absolute atomic E-state index is 0. The molecule has 0 fully saturated rings. The van der Waals surface area contributed by atoms with Crippen molar-refractivity contribution in [3.63, 3.8) is 0 Å². The maximum atomic E-state index is 11.7. The standard InChI is InChI=1S/C21H15N2.C13H24O2.Ir/c1-21(2)16-10-13-6-3-4-9-18(13)23-20(16)15-8-5-7-14-11-22-12-17(21)19(14)15;1-5-10(6-2)12(14)9-13(15)11(7-3)8-4;/h3-7,9-12H,1-2H3;9-11,14H,5-8H2,1-4H3;/q-1;;/b;12-9-;. The Kier molecular flexibility index (Phi) is 10.2. The fourth-order valence-electron chi connectivity index (χ4n) is 5.54. The first-order valence-corrected chi connectivity index (χ1v) is 13.9. The van der Waals surface area contributed by atoms with Crippen molar-refractivity contribution in [1.29, 1.82) is 0 Å². The first-order chi connectivity index (χ1) is 18.3. The van der Waals surface area contributed by atoms with Gasteiger partial charge < -0.3 is 5.11 Å². The third-order valence-corrected chi connectivity index (χ3v) is 8.11. The Labute approximate surface area is 246 Å². The third-order valence-electron chi connectivity index (χ3n) is 8.11. The molecule has 5 heteroatoms. The number of aromatic nitrogens is 2. The second-order valence-electron chi connectivity index (χ2n) is 10.7. The van der Waals surface area contributed by atoms with Crippen molar-refractivity contribution in [3.05, 3.63) is 83.9 Å². The molecule has 0 atom stereocenters. The molecule has 0 unspecified atom stereocenters. The minimum Gasteiger partial charge on any atom is -0.512 e. The molecule has 0 saturated carbocycles. The number of carbonyl (C=O) groups excluding carboxylic acids is 1. The van der Waals surface area contributed by atoms with Gasteiger partial charge in [-0.1, -0.05) is 87.7 Å². The van der Waals surface area contributed by atoms with Crippen molar-refractivity contribution in [3.8, 4) is 11.3 Å². The first-order valence-electron chi connectivity index (χ1n) is 13.9. The molecule has 0 spiro atoms. The van der Waals surface area contributed by atoms with E-state index in [2.05, 4.69) is 55.2 Å². The zero-order valence-corrected chi connectivity index (χ0v) is 26.2. The summed E-state index contributed by atoms with van der Waals surface area (Å²) in [4.78, 5) is 21.2. The van der Waals surface area contributed by atoms with Gasteiger partial charge in [-0.25, -0.2) is 0 Å². The Hall–Kier alpha value is -2.88. The van der Waals surface area contributed by atoms with Crippen LogP contribution in [0.1, 0.15) is 78.4 Å². The van der Waals surface area contributed by atoms with Crippen LogP contribution in [-0.2, 0) is 30.3 Å². The molecule has 39 heavy (non-hydrogen) atoms. The summed E-state index contributed by atoms with van der Waals surface area (Å²) in [6.07, 6.45) is 8.83. The predicted octanol–water partition coefficient (Wildman–Crippen LogP) is 8.76. The molecule has 1 aliphatic rings. The SMILES string of the molecule is CC1(C)c2cc3ccccc3nc2-c2[c-]ccc3cncc1c23.CCC(CC)C(=O)/C=C(\O)C(CC)CC.[Ir]. The molecule has 1 N–H and O–H groups in total. The Morgan fingerprint density at radius 3 is 2.28 bits per heavy atom. The van der Waals surface area contributed by atoms with Crippen molar-refractivity contribution in [2.24, 2.45) is 11.8 Å². The maximum absolute atomic E-state index is 11.7. The third kappa shape index (κ3) is 6.00. The van der Waals surface area contributed by atoms with E-state index in [1.165, 1.54) is 28.0 Å². The maximum Gasteiger partial charge on any atom is 0.162 e. The van der Waals surface area contributed by atoms with Gasteiger partial charge in [-0.15, -0.1) is 23.8 Å². The van der Waals surface area contributed by atoms with Crippen molar-refractivity contribution >= 4 is 27.5 Å². The minimum atomic E-state index is -0.124. The number of carbonyl (C=O) groups is 1. The number of rotatable bonds is 7. The van der Waals surface area contributed by atoms with Gasteiger partial charge in [-0.3, -0.25) is 14.8 Å². The van der Waals surface area contributed by atoms with Gasteiger partial charge >= 0.3 is 0 Å². The molecule has 1 radical (unpaired) electrons. The average molecular weight is 700 g/mol. The molecule has 0 aliphatic heterocycles. The zero-order valence-electron chi connectivity index (χ0n) is 23.8. The number of nitrogens with zero attached hydrogens (tertiary/aromatic N) is 2. The van der Waals surface area contributed by atoms with Crippen LogP contribution in [0, 0.1) is 17.9 Å². The summed E-state index contributed by atoms with van der Waals surface area (Å²) in [6.45, 7) is 12.6. The van der Waals surface area contributed by atoms with Crippen molar-refractivity contribution in [1.82, 2.24) is 9.97 Å². The molecule has 4 nitrogen and oxygen atoms in total. The Morgan fingerprint density at radius 1 is 0.949 bits per heavy atom. The smallest absolute Gasteiger partial charge is 0.162 e. The molecule has 1 aliphatic carbocycles. The van der Waals surface area contributed by atoms with Gasteiger partial charge in [0.25, 0.3) is 0 Å². The van der Waals surface area contributed by atoms with E-state index in [0.29, 0.717) is 0 Å². The molecule has 0 amide bonds. The summed E-state index contributed by atoms with van der Waals surface area (Å²) < 4.78 is 0. The number of allylic oxidation sites excluding steroid dienone is 2. The van der Waals surface area contributed by atoms with E-state index in [9.17, 15) is 9.90 Å². The molecule has 0 saturated heterocycles. The summed E-state index contributed by atoms with van der Waals surface area (Å²) in [7, 11) is 0. The van der Waals surface area contributed by atoms with Gasteiger partial charge in [0, 0.05) is 55.8 Å². The predicted molar refractivity (Wildman–Crippen MR) is 157 cm³/mol. The Morgan fingerprint density at radius 2 is 1.62 bits per heavy atom. The average Bonchev–Trinajstić information content (AvgIpc) is 2.92. The molecular formula is C34H39IrN2O2-. The first kappa shape index (κ1) is 30.7. The Bertz CT molecular complexity index is 1480. The van der Waals surface area contributed by atoms with Gasteiger partial charge in [-0.05, 0) is 42.8 Å². The largest absolute Gasteiger partial charge is 0.512 e. The molecule has 2 aromatic carbocycles. The van der Waals surface area contributed by atoms with Crippen LogP contribution in [0.5, 0.6) is 0 Å². The topological polar surface area (TPSA) is 63.1 Å². The summed E-state index contributed by atoms with van der Waals surface area (Å²) >= 11 is 0. The van der Waals surface area contributed by atoms with E-state index in [0.717, 1.165) is 47.8 Å². The van der Waals surface area contributed by atoms with E-state index in [-0.39, 0.29) is 48.9 Å². The van der Waals surface area contributed by atoms with Crippen LogP contribution in [-0.4, -0.2) is 20.9 Å². The molecule has 5 rings (SSSR count). The van der Waals surface area contributed by atoms with Crippen LogP contribution in [0.3, 0.4) is 0 Å². The number of hydrogen-bond acceptors (Lipinski definition) is 4. The van der Waals surface area contributed by atoms with Crippen LogP contribution in [0.25, 0.3) is 32.9 Å². The van der Waals surface area contributed by atoms with E-state index < -0.39 is 0 Å². The fourth-order valence-corrected chi connectivity index (χ4v) is 5.54. The summed E-state index contributed by atoms with van der Waals surface area (Å²) in [5, 5.41) is 13.3. The van der Waals surface area contributed by atoms with Gasteiger partial charge in [0.15, 0.2) is 5.78 Å². The number of ketones is 1. The molecule has 2 heterocycles. The molecule has 207 valence electrons. The van der Waals surface area contributed by atoms with Crippen LogP contribution >= 0.6 is 0 Å². The van der Waals surface area contributed by atoms with Crippen LogP contribution in [0.15, 0.2) is 66.7 Å². The van der Waals surface area contributed by atoms with E-state index in [1.807, 2.05) is 52.2 Å². The number of hydrogen-bond donors (Lipinski definition) is 1. The van der Waals surface area contributed by atoms with Gasteiger partial charge in [0.2, 0.25) is 0 Å². The van der Waals surface area contributed by atoms with Crippen molar-refractivity contribution in [2.75, 3.05) is 0 Å². The van der Waals surface area contributed by atoms with E-state index >= 15 is 0 Å². The van der Waals surface area contributed by atoms with E-state index in [1.54, 1.807) is 0 Å². The number of benzene rings is 2. The number of para-hydroxylation sites is 1. The second-order valence-corrected chi connectivity index (χ2v) is 10.7. The zero-order chi connectivity index (χ0) is 27.4. The van der Waals surface area contributed by atoms with Gasteiger partial charge in [0.05, 0.1) is 11.3 Å². The number of fused-ring (bicyclic) bond motifs is 3. The van der Waals surface area contributed by atoms with Crippen molar-refractivity contribution < 1.29 is 30.0 Å². The molecule has 2 aromatic heterocycles. The van der Waals surface area contributed by atoms with Crippen molar-refractivity contribution in [2.45, 2.75) is 72.6 Å². The Balaban J connectivity index is 0.000000233. The van der Waals surface area contributed by atoms with Gasteiger partial charge in [0.1, 0.15) is 0 Å². The molecule has 4 aromatic rings. The van der Waals surface area contributed by atoms with Crippen LogP contribution < -0.4 is 0 Å². The number of pyridine rings is 2. The summed E-state index contributed by atoms with van der Waals surface area (Å²) in [5.41, 5.74) is 5.57. The fraction of sp³-hybridized carbons (Fsp3) is 0.382. The second kappa shape index (κ2) is 13.0. The monoisotopic (exact) mass is 700 g/mol. The van der Waals surface area contributed by atoms with Crippen LogP contribution in [0.2, 0.25) is 0 Å². The molecular weight excluding hydrogens is 661 g/mol. The quantitative estimate of drug-likeness (QED) is 0.119.